The van der Waals surface area contributed by atoms with Crippen molar-refractivity contribution in [3.63, 3.8) is 0 Å². The van der Waals surface area contributed by atoms with Crippen LogP contribution in [0.3, 0.4) is 0 Å². The number of esters is 1. The summed E-state index contributed by atoms with van der Waals surface area (Å²) in [6.07, 6.45) is 2.75. The Balaban J connectivity index is 1.44. The van der Waals surface area contributed by atoms with Gasteiger partial charge in [-0.05, 0) is 55.9 Å². The molecule has 2 fully saturated rings. The highest BCUT2D eigenvalue weighted by molar-refractivity contribution is 8.00. The SMILES string of the molecule is CC1CCC2(CC1)NC(=O)N(NC(=O)COC(=O)CSc1ccc(Cl)cc1)C2=O. The van der Waals surface area contributed by atoms with Gasteiger partial charge in [0, 0.05) is 9.92 Å². The van der Waals surface area contributed by atoms with Crippen molar-refractivity contribution in [2.45, 2.75) is 43.0 Å². The molecule has 8 nitrogen and oxygen atoms in total. The number of imide groups is 1. The van der Waals surface area contributed by atoms with E-state index in [1.165, 1.54) is 11.8 Å². The highest BCUT2D eigenvalue weighted by atomic mass is 35.5. The van der Waals surface area contributed by atoms with Gasteiger partial charge in [0.15, 0.2) is 6.61 Å². The van der Waals surface area contributed by atoms with Crippen molar-refractivity contribution in [2.24, 2.45) is 5.92 Å². The molecule has 1 aliphatic carbocycles. The van der Waals surface area contributed by atoms with Crippen LogP contribution in [0.4, 0.5) is 4.79 Å². The fraction of sp³-hybridized carbons (Fsp3) is 0.474. The van der Waals surface area contributed by atoms with E-state index in [9.17, 15) is 19.2 Å². The number of halogens is 1. The summed E-state index contributed by atoms with van der Waals surface area (Å²) >= 11 is 7.05. The molecular weight excluding hydrogens is 418 g/mol. The monoisotopic (exact) mass is 439 g/mol. The smallest absolute Gasteiger partial charge is 0.344 e. The number of rotatable bonds is 6. The van der Waals surface area contributed by atoms with Gasteiger partial charge in [0.25, 0.3) is 11.8 Å². The zero-order valence-corrected chi connectivity index (χ0v) is 17.5. The molecule has 1 aromatic carbocycles. The van der Waals surface area contributed by atoms with Gasteiger partial charge in [-0.25, -0.2) is 4.79 Å². The lowest BCUT2D eigenvalue weighted by Crippen LogP contribution is -2.52. The van der Waals surface area contributed by atoms with E-state index in [2.05, 4.69) is 17.7 Å². The predicted octanol–water partition coefficient (Wildman–Crippen LogP) is 2.51. The number of nitrogens with zero attached hydrogens (tertiary/aromatic N) is 1. The van der Waals surface area contributed by atoms with E-state index < -0.39 is 36.0 Å². The molecule has 0 unspecified atom stereocenters. The minimum absolute atomic E-state index is 0.0132. The molecule has 2 aliphatic rings. The number of hydrogen-bond acceptors (Lipinski definition) is 6. The second-order valence-corrected chi connectivity index (χ2v) is 8.76. The summed E-state index contributed by atoms with van der Waals surface area (Å²) in [4.78, 5) is 49.5. The lowest BCUT2D eigenvalue weighted by atomic mass is 9.77. The van der Waals surface area contributed by atoms with Gasteiger partial charge in [0.2, 0.25) is 0 Å². The number of benzene rings is 1. The van der Waals surface area contributed by atoms with Crippen molar-refractivity contribution < 1.29 is 23.9 Å². The van der Waals surface area contributed by atoms with Crippen LogP contribution in [0.1, 0.15) is 32.6 Å². The molecule has 1 aromatic rings. The van der Waals surface area contributed by atoms with Gasteiger partial charge in [-0.3, -0.25) is 19.8 Å². The Morgan fingerprint density at radius 3 is 2.59 bits per heavy atom. The summed E-state index contributed by atoms with van der Waals surface area (Å²) in [5, 5.41) is 3.99. The standard InChI is InChI=1S/C19H22ClN3O5S/c1-12-6-8-19(9-7-12)17(26)23(18(27)21-19)22-15(24)10-28-16(25)11-29-14-4-2-13(20)3-5-14/h2-5,12H,6-11H2,1H3,(H,21,27)(H,22,24). The van der Waals surface area contributed by atoms with E-state index >= 15 is 0 Å². The van der Waals surface area contributed by atoms with Gasteiger partial charge in [0.1, 0.15) is 5.54 Å². The van der Waals surface area contributed by atoms with Gasteiger partial charge in [-0.15, -0.1) is 11.8 Å². The van der Waals surface area contributed by atoms with E-state index in [1.807, 2.05) is 0 Å². The number of carbonyl (C=O) groups excluding carboxylic acids is 4. The van der Waals surface area contributed by atoms with Crippen LogP contribution in [0.25, 0.3) is 0 Å². The lowest BCUT2D eigenvalue weighted by molar-refractivity contribution is -0.148. The molecule has 0 aromatic heterocycles. The van der Waals surface area contributed by atoms with E-state index in [-0.39, 0.29) is 5.75 Å². The highest BCUT2D eigenvalue weighted by Gasteiger charge is 2.52. The van der Waals surface area contributed by atoms with Gasteiger partial charge in [-0.2, -0.15) is 5.01 Å². The molecule has 10 heteroatoms. The second-order valence-electron chi connectivity index (χ2n) is 7.27. The minimum Gasteiger partial charge on any atom is -0.455 e. The highest BCUT2D eigenvalue weighted by Crippen LogP contribution is 2.35. The first kappa shape index (κ1) is 21.4. The van der Waals surface area contributed by atoms with E-state index in [1.54, 1.807) is 24.3 Å². The summed E-state index contributed by atoms with van der Waals surface area (Å²) in [6.45, 7) is 1.52. The van der Waals surface area contributed by atoms with Crippen LogP contribution in [0, 0.1) is 5.92 Å². The maximum atomic E-state index is 12.7. The zero-order valence-electron chi connectivity index (χ0n) is 15.9. The van der Waals surface area contributed by atoms with Gasteiger partial charge >= 0.3 is 12.0 Å². The molecule has 1 aliphatic heterocycles. The maximum absolute atomic E-state index is 12.7. The normalized spacial score (nSPS) is 23.8. The molecule has 4 amide bonds. The topological polar surface area (TPSA) is 105 Å². The third-order valence-corrected chi connectivity index (χ3v) is 6.30. The van der Waals surface area contributed by atoms with Crippen LogP contribution >= 0.6 is 23.4 Å². The third-order valence-electron chi connectivity index (χ3n) is 5.06. The van der Waals surface area contributed by atoms with Gasteiger partial charge in [-0.1, -0.05) is 18.5 Å². The second kappa shape index (κ2) is 9.04. The Morgan fingerprint density at radius 2 is 1.93 bits per heavy atom. The molecule has 29 heavy (non-hydrogen) atoms. The first-order valence-corrected chi connectivity index (χ1v) is 10.7. The molecule has 2 N–H and O–H groups in total. The molecule has 0 bridgehead atoms. The van der Waals surface area contributed by atoms with Crippen LogP contribution in [-0.4, -0.2) is 46.7 Å². The van der Waals surface area contributed by atoms with Gasteiger partial charge < -0.3 is 10.1 Å². The van der Waals surface area contributed by atoms with Crippen LogP contribution in [0.2, 0.25) is 5.02 Å². The molecular formula is C19H22ClN3O5S. The Hall–Kier alpha value is -2.26. The third kappa shape index (κ3) is 5.22. The molecule has 156 valence electrons. The lowest BCUT2D eigenvalue weighted by Gasteiger charge is -2.33. The molecule has 0 radical (unpaired) electrons. The number of carbonyl (C=O) groups is 4. The molecule has 1 saturated carbocycles. The predicted molar refractivity (Wildman–Crippen MR) is 107 cm³/mol. The molecule has 1 spiro atoms. The Labute approximate surface area is 177 Å². The molecule has 1 heterocycles. The van der Waals surface area contributed by atoms with Crippen molar-refractivity contribution in [2.75, 3.05) is 12.4 Å². The number of ether oxygens (including phenoxy) is 1. The number of thioether (sulfide) groups is 1. The summed E-state index contributed by atoms with van der Waals surface area (Å²) in [5.41, 5.74) is 1.29. The van der Waals surface area contributed by atoms with Crippen molar-refractivity contribution >= 4 is 47.2 Å². The first-order valence-electron chi connectivity index (χ1n) is 9.29. The summed E-state index contributed by atoms with van der Waals surface area (Å²) in [7, 11) is 0. The minimum atomic E-state index is -0.942. The summed E-state index contributed by atoms with van der Waals surface area (Å²) < 4.78 is 4.91. The van der Waals surface area contributed by atoms with Crippen molar-refractivity contribution in [3.8, 4) is 0 Å². The number of nitrogens with one attached hydrogen (secondary N) is 2. The molecule has 1 saturated heterocycles. The Bertz CT molecular complexity index is 809. The van der Waals surface area contributed by atoms with Crippen LogP contribution in [-0.2, 0) is 19.1 Å². The maximum Gasteiger partial charge on any atom is 0.344 e. The largest absolute Gasteiger partial charge is 0.455 e. The van der Waals surface area contributed by atoms with Crippen molar-refractivity contribution in [1.29, 1.82) is 0 Å². The zero-order chi connectivity index (χ0) is 21.0. The van der Waals surface area contributed by atoms with Crippen LogP contribution in [0.5, 0.6) is 0 Å². The van der Waals surface area contributed by atoms with Crippen LogP contribution in [0.15, 0.2) is 29.2 Å². The number of hydrazine groups is 1. The van der Waals surface area contributed by atoms with Crippen molar-refractivity contribution in [3.05, 3.63) is 29.3 Å². The Morgan fingerprint density at radius 1 is 1.28 bits per heavy atom. The Kier molecular flexibility index (Phi) is 6.69. The number of hydrogen-bond donors (Lipinski definition) is 2. The summed E-state index contributed by atoms with van der Waals surface area (Å²) in [6, 6.07) is 6.29. The quantitative estimate of drug-likeness (QED) is 0.401. The molecule has 0 atom stereocenters. The van der Waals surface area contributed by atoms with Crippen molar-refractivity contribution in [1.82, 2.24) is 15.8 Å². The fourth-order valence-electron chi connectivity index (χ4n) is 3.33. The van der Waals surface area contributed by atoms with Gasteiger partial charge in [0.05, 0.1) is 5.75 Å². The van der Waals surface area contributed by atoms with E-state index in [4.69, 9.17) is 16.3 Å². The van der Waals surface area contributed by atoms with E-state index in [0.29, 0.717) is 28.8 Å². The number of amides is 4. The fourth-order valence-corrected chi connectivity index (χ4v) is 4.16. The van der Waals surface area contributed by atoms with Crippen LogP contribution < -0.4 is 10.7 Å². The average molecular weight is 440 g/mol. The number of urea groups is 1. The molecule has 3 rings (SSSR count). The first-order chi connectivity index (χ1) is 13.8. The van der Waals surface area contributed by atoms with E-state index in [0.717, 1.165) is 17.7 Å². The summed E-state index contributed by atoms with van der Waals surface area (Å²) in [5.74, 6) is -1.29. The average Bonchev–Trinajstić information content (AvgIpc) is 2.92.